The molecule has 0 aromatic carbocycles. The molecule has 0 N–H and O–H groups in total. The van der Waals surface area contributed by atoms with Crippen LogP contribution in [0.1, 0.15) is 32.1 Å². The molecule has 0 unspecified atom stereocenters. The molecule has 0 saturated carbocycles. The summed E-state index contributed by atoms with van der Waals surface area (Å²) >= 11 is 0. The highest BCUT2D eigenvalue weighted by molar-refractivity contribution is 5.64. The summed E-state index contributed by atoms with van der Waals surface area (Å²) in [5.74, 6) is -57.7. The number of nitrogens with zero attached hydrogens (tertiary/aromatic N) is 1. The lowest BCUT2D eigenvalue weighted by molar-refractivity contribution is -0.890. The lowest BCUT2D eigenvalue weighted by Gasteiger charge is -2.43. The number of halogens is 17. The number of unbranched alkanes of at least 4 members (excludes halogenated alkanes) is 1. The molecule has 0 bridgehead atoms. The van der Waals surface area contributed by atoms with Crippen LogP contribution in [0, 0.1) is 0 Å². The topological polar surface area (TPSA) is 40.1 Å². The Labute approximate surface area is 203 Å². The van der Waals surface area contributed by atoms with Crippen molar-refractivity contribution in [1.29, 1.82) is 0 Å². The molecular weight excluding hydrogens is 585 g/mol. The van der Waals surface area contributed by atoms with Crippen LogP contribution in [0.4, 0.5) is 74.6 Å². The normalized spacial score (nSPS) is 15.7. The fourth-order valence-corrected chi connectivity index (χ4v) is 3.00. The molecule has 0 saturated heterocycles. The summed E-state index contributed by atoms with van der Waals surface area (Å²) in [4.78, 5) is 10.3. The third-order valence-electron chi connectivity index (χ3n) is 5.44. The van der Waals surface area contributed by atoms with Gasteiger partial charge in [0.25, 0.3) is 0 Å². The standard InChI is InChI=1S/C18H20F17NO2/c1-36(2,8-4-3-6-10(37)38)9-5-7-11(19,20)12(21,22)13(23,24)14(25,26)15(27,28)16(29,30)17(31,32)18(33,34)35/h3-9H2,1-2H3. The monoisotopic (exact) mass is 605 g/mol. The van der Waals surface area contributed by atoms with E-state index in [9.17, 15) is 84.5 Å². The van der Waals surface area contributed by atoms with Gasteiger partial charge in [0, 0.05) is 18.8 Å². The minimum absolute atomic E-state index is 0.00573. The zero-order valence-electron chi connectivity index (χ0n) is 19.1. The predicted octanol–water partition coefficient (Wildman–Crippen LogP) is 5.77. The maximum atomic E-state index is 13.9. The molecule has 228 valence electrons. The Balaban J connectivity index is 5.96. The van der Waals surface area contributed by atoms with E-state index in [1.165, 1.54) is 14.1 Å². The van der Waals surface area contributed by atoms with Gasteiger partial charge in [-0.3, -0.25) is 0 Å². The number of quaternary nitrogens is 1. The summed E-state index contributed by atoms with van der Waals surface area (Å²) in [5, 5.41) is 10.3. The molecule has 0 amide bonds. The summed E-state index contributed by atoms with van der Waals surface area (Å²) < 4.78 is 225. The van der Waals surface area contributed by atoms with Crippen LogP contribution in [0.5, 0.6) is 0 Å². The average Bonchev–Trinajstić information content (AvgIpc) is 2.69. The summed E-state index contributed by atoms with van der Waals surface area (Å²) in [5.41, 5.74) is 0. The number of carbonyl (C=O) groups is 1. The van der Waals surface area contributed by atoms with E-state index in [-0.39, 0.29) is 23.9 Å². The van der Waals surface area contributed by atoms with Gasteiger partial charge in [-0.05, 0) is 19.3 Å². The molecule has 0 aliphatic rings. The molecule has 0 fully saturated rings. The second-order valence-corrected chi connectivity index (χ2v) is 8.96. The van der Waals surface area contributed by atoms with Crippen LogP contribution in [0.2, 0.25) is 0 Å². The van der Waals surface area contributed by atoms with E-state index in [0.29, 0.717) is 0 Å². The van der Waals surface area contributed by atoms with Crippen LogP contribution in [-0.4, -0.2) is 85.3 Å². The fraction of sp³-hybridized carbons (Fsp3) is 0.944. The van der Waals surface area contributed by atoms with Crippen molar-refractivity contribution in [2.24, 2.45) is 0 Å². The van der Waals surface area contributed by atoms with E-state index in [4.69, 9.17) is 0 Å². The van der Waals surface area contributed by atoms with Crippen molar-refractivity contribution in [2.75, 3.05) is 27.2 Å². The Bertz CT molecular complexity index is 820. The first kappa shape index (κ1) is 36.2. The van der Waals surface area contributed by atoms with E-state index in [1.54, 1.807) is 0 Å². The highest BCUT2D eigenvalue weighted by Gasteiger charge is 2.95. The largest absolute Gasteiger partial charge is 0.550 e. The maximum absolute atomic E-state index is 13.9. The van der Waals surface area contributed by atoms with Crippen LogP contribution in [-0.2, 0) is 4.79 Å². The van der Waals surface area contributed by atoms with Crippen LogP contribution in [0.25, 0.3) is 0 Å². The Morgan fingerprint density at radius 3 is 1.26 bits per heavy atom. The number of carboxylic acids is 1. The molecule has 0 aromatic rings. The van der Waals surface area contributed by atoms with Crippen molar-refractivity contribution in [3.8, 4) is 0 Å². The molecule has 20 heteroatoms. The van der Waals surface area contributed by atoms with Crippen molar-refractivity contribution in [3.05, 3.63) is 0 Å². The van der Waals surface area contributed by atoms with Gasteiger partial charge in [-0.1, -0.05) is 0 Å². The van der Waals surface area contributed by atoms with Crippen LogP contribution in [0.15, 0.2) is 0 Å². The minimum Gasteiger partial charge on any atom is -0.550 e. The van der Waals surface area contributed by atoms with Gasteiger partial charge in [0.2, 0.25) is 0 Å². The van der Waals surface area contributed by atoms with Crippen molar-refractivity contribution >= 4 is 5.97 Å². The number of hydrogen-bond acceptors (Lipinski definition) is 2. The van der Waals surface area contributed by atoms with Gasteiger partial charge >= 0.3 is 47.6 Å². The van der Waals surface area contributed by atoms with Crippen LogP contribution in [0.3, 0.4) is 0 Å². The van der Waals surface area contributed by atoms with Gasteiger partial charge in [-0.2, -0.15) is 74.6 Å². The Morgan fingerprint density at radius 2 is 0.895 bits per heavy atom. The molecule has 0 aliphatic carbocycles. The lowest BCUT2D eigenvalue weighted by Crippen LogP contribution is -2.74. The maximum Gasteiger partial charge on any atom is 0.460 e. The van der Waals surface area contributed by atoms with Crippen molar-refractivity contribution in [2.45, 2.75) is 79.7 Å². The average molecular weight is 605 g/mol. The van der Waals surface area contributed by atoms with Crippen LogP contribution >= 0.6 is 0 Å². The molecule has 0 atom stereocenters. The minimum atomic E-state index is -8.63. The number of carbonyl (C=O) groups excluding carboxylic acids is 1. The number of aliphatic carboxylic acids is 1. The highest BCUT2D eigenvalue weighted by Crippen LogP contribution is 2.64. The molecule has 0 rings (SSSR count). The molecule has 0 radical (unpaired) electrons. The Hall–Kier alpha value is -1.76. The number of alkyl halides is 17. The highest BCUT2D eigenvalue weighted by atomic mass is 19.4. The molecule has 0 aromatic heterocycles. The second-order valence-electron chi connectivity index (χ2n) is 8.96. The summed E-state index contributed by atoms with van der Waals surface area (Å²) in [6, 6.07) is 0. The van der Waals surface area contributed by atoms with Crippen molar-refractivity contribution in [3.63, 3.8) is 0 Å². The van der Waals surface area contributed by atoms with Crippen molar-refractivity contribution < 1.29 is 89.0 Å². The van der Waals surface area contributed by atoms with E-state index < -0.39 is 79.4 Å². The molecule has 38 heavy (non-hydrogen) atoms. The smallest absolute Gasteiger partial charge is 0.460 e. The summed E-state index contributed by atoms with van der Waals surface area (Å²) in [6.07, 6.45) is -11.8. The number of hydrogen-bond donors (Lipinski definition) is 0. The third kappa shape index (κ3) is 6.34. The van der Waals surface area contributed by atoms with Crippen molar-refractivity contribution in [1.82, 2.24) is 0 Å². The fourth-order valence-electron chi connectivity index (χ4n) is 3.00. The first-order valence-electron chi connectivity index (χ1n) is 10.1. The van der Waals surface area contributed by atoms with Gasteiger partial charge in [0.05, 0.1) is 27.2 Å². The van der Waals surface area contributed by atoms with E-state index in [2.05, 4.69) is 0 Å². The molecule has 0 spiro atoms. The molecule has 0 aliphatic heterocycles. The second kappa shape index (κ2) is 10.7. The van der Waals surface area contributed by atoms with Crippen LogP contribution < -0.4 is 5.11 Å². The molecule has 0 heterocycles. The predicted molar refractivity (Wildman–Crippen MR) is 90.6 cm³/mol. The zero-order chi connectivity index (χ0) is 31.0. The molecule has 3 nitrogen and oxygen atoms in total. The quantitative estimate of drug-likeness (QED) is 0.135. The zero-order valence-corrected chi connectivity index (χ0v) is 19.1. The Kier molecular flexibility index (Phi) is 10.2. The summed E-state index contributed by atoms with van der Waals surface area (Å²) in [7, 11) is 2.48. The Morgan fingerprint density at radius 1 is 0.553 bits per heavy atom. The van der Waals surface area contributed by atoms with Gasteiger partial charge in [-0.15, -0.1) is 0 Å². The van der Waals surface area contributed by atoms with E-state index in [1.807, 2.05) is 0 Å². The lowest BCUT2D eigenvalue weighted by atomic mass is 9.88. The first-order chi connectivity index (χ1) is 16.4. The van der Waals surface area contributed by atoms with Gasteiger partial charge < -0.3 is 14.4 Å². The summed E-state index contributed by atoms with van der Waals surface area (Å²) in [6.45, 7) is -0.650. The van der Waals surface area contributed by atoms with E-state index >= 15 is 0 Å². The molecular formula is C18H20F17NO2. The number of rotatable bonds is 15. The third-order valence-corrected chi connectivity index (χ3v) is 5.44. The van der Waals surface area contributed by atoms with Gasteiger partial charge in [0.1, 0.15) is 0 Å². The van der Waals surface area contributed by atoms with Gasteiger partial charge in [-0.25, -0.2) is 0 Å². The van der Waals surface area contributed by atoms with E-state index in [0.717, 1.165) is 0 Å². The number of carboxylic acid groups (broad SMARTS) is 1. The van der Waals surface area contributed by atoms with Gasteiger partial charge in [0.15, 0.2) is 0 Å². The first-order valence-corrected chi connectivity index (χ1v) is 10.1. The SMILES string of the molecule is C[N+](C)(CCCCC(=O)[O-])CCCC(F)(F)C(F)(F)C(F)(F)C(F)(F)C(F)(F)C(F)(F)C(F)(F)C(F)(F)F.